The molecule has 88 valence electrons. The summed E-state index contributed by atoms with van der Waals surface area (Å²) in [6.07, 6.45) is 6.46. The molecule has 1 fully saturated rings. The Bertz CT molecular complexity index is 347. The van der Waals surface area contributed by atoms with E-state index in [1.54, 1.807) is 0 Å². The van der Waals surface area contributed by atoms with Crippen LogP contribution in [-0.2, 0) is 9.59 Å². The molecule has 0 radical (unpaired) electrons. The molecular weight excluding hydrogens is 208 g/mol. The fourth-order valence-electron chi connectivity index (χ4n) is 3.30. The van der Waals surface area contributed by atoms with Crippen LogP contribution in [0.5, 0.6) is 0 Å². The second-order valence-corrected chi connectivity index (χ2v) is 5.36. The maximum atomic E-state index is 11.1. The van der Waals surface area contributed by atoms with Crippen molar-refractivity contribution in [2.24, 2.45) is 16.7 Å². The zero-order valence-corrected chi connectivity index (χ0v) is 9.27. The van der Waals surface area contributed by atoms with Crippen molar-refractivity contribution in [1.82, 2.24) is 0 Å². The van der Waals surface area contributed by atoms with Gasteiger partial charge in [-0.2, -0.15) is 0 Å². The van der Waals surface area contributed by atoms with Gasteiger partial charge in [0.25, 0.3) is 0 Å². The van der Waals surface area contributed by atoms with Crippen molar-refractivity contribution in [1.29, 1.82) is 0 Å². The van der Waals surface area contributed by atoms with Crippen LogP contribution in [0.1, 0.15) is 32.6 Å². The van der Waals surface area contributed by atoms with Crippen LogP contribution in [0.4, 0.5) is 0 Å². The third kappa shape index (κ3) is 1.44. The first kappa shape index (κ1) is 11.2. The van der Waals surface area contributed by atoms with Gasteiger partial charge in [-0.05, 0) is 37.0 Å². The standard InChI is InChI=1S/C12H16O4/c1-8-3-2-4-11(5-8)6-12(7-11,9(13)14)10(15)16/h2-3,8H,4-7H2,1H3,(H,13,14)(H,15,16). The van der Waals surface area contributed by atoms with Crippen LogP contribution >= 0.6 is 0 Å². The summed E-state index contributed by atoms with van der Waals surface area (Å²) in [5, 5.41) is 18.1. The van der Waals surface area contributed by atoms with E-state index in [2.05, 4.69) is 19.1 Å². The van der Waals surface area contributed by atoms with Gasteiger partial charge >= 0.3 is 11.9 Å². The molecule has 4 heteroatoms. The van der Waals surface area contributed by atoms with E-state index in [4.69, 9.17) is 10.2 Å². The zero-order chi connectivity index (χ0) is 12.0. The Kier molecular flexibility index (Phi) is 2.33. The van der Waals surface area contributed by atoms with E-state index in [1.807, 2.05) is 0 Å². The lowest BCUT2D eigenvalue weighted by Gasteiger charge is -2.53. The van der Waals surface area contributed by atoms with Crippen LogP contribution in [0.2, 0.25) is 0 Å². The molecule has 0 bridgehead atoms. The van der Waals surface area contributed by atoms with Crippen molar-refractivity contribution in [3.63, 3.8) is 0 Å². The molecule has 1 saturated carbocycles. The highest BCUT2D eigenvalue weighted by Crippen LogP contribution is 2.61. The third-order valence-corrected chi connectivity index (χ3v) is 3.94. The second kappa shape index (κ2) is 3.34. The Morgan fingerprint density at radius 2 is 1.81 bits per heavy atom. The summed E-state index contributed by atoms with van der Waals surface area (Å²) in [5.74, 6) is -1.95. The lowest BCUT2D eigenvalue weighted by atomic mass is 9.48. The highest BCUT2D eigenvalue weighted by molar-refractivity contribution is 5.99. The third-order valence-electron chi connectivity index (χ3n) is 3.94. The summed E-state index contributed by atoms with van der Waals surface area (Å²) < 4.78 is 0. The topological polar surface area (TPSA) is 74.6 Å². The van der Waals surface area contributed by atoms with Gasteiger partial charge < -0.3 is 10.2 Å². The Balaban J connectivity index is 2.15. The molecule has 2 N–H and O–H groups in total. The van der Waals surface area contributed by atoms with E-state index >= 15 is 0 Å². The monoisotopic (exact) mass is 224 g/mol. The molecule has 2 rings (SSSR count). The van der Waals surface area contributed by atoms with Crippen molar-refractivity contribution in [3.8, 4) is 0 Å². The number of carboxylic acid groups (broad SMARTS) is 2. The molecule has 0 aromatic rings. The van der Waals surface area contributed by atoms with Gasteiger partial charge in [-0.3, -0.25) is 9.59 Å². The first-order valence-corrected chi connectivity index (χ1v) is 5.54. The molecule has 0 aromatic carbocycles. The van der Waals surface area contributed by atoms with Gasteiger partial charge in [0.05, 0.1) is 0 Å². The fraction of sp³-hybridized carbons (Fsp3) is 0.667. The number of allylic oxidation sites excluding steroid dienone is 2. The molecule has 0 aromatic heterocycles. The normalized spacial score (nSPS) is 29.7. The van der Waals surface area contributed by atoms with Gasteiger partial charge in [0, 0.05) is 0 Å². The summed E-state index contributed by atoms with van der Waals surface area (Å²) in [6.45, 7) is 2.08. The largest absolute Gasteiger partial charge is 0.480 e. The molecular formula is C12H16O4. The Hall–Kier alpha value is -1.32. The van der Waals surface area contributed by atoms with E-state index < -0.39 is 17.4 Å². The number of carbonyl (C=O) groups is 2. The molecule has 1 unspecified atom stereocenters. The van der Waals surface area contributed by atoms with Gasteiger partial charge in [-0.25, -0.2) is 0 Å². The van der Waals surface area contributed by atoms with Crippen molar-refractivity contribution in [2.45, 2.75) is 32.6 Å². The minimum Gasteiger partial charge on any atom is -0.480 e. The van der Waals surface area contributed by atoms with E-state index in [1.165, 1.54) is 0 Å². The predicted molar refractivity (Wildman–Crippen MR) is 56.9 cm³/mol. The lowest BCUT2D eigenvalue weighted by molar-refractivity contribution is -0.185. The van der Waals surface area contributed by atoms with Gasteiger partial charge in [0.15, 0.2) is 5.41 Å². The molecule has 0 saturated heterocycles. The van der Waals surface area contributed by atoms with E-state index in [0.717, 1.165) is 12.8 Å². The molecule has 4 nitrogen and oxygen atoms in total. The van der Waals surface area contributed by atoms with Gasteiger partial charge in [-0.1, -0.05) is 19.1 Å². The maximum absolute atomic E-state index is 11.1. The van der Waals surface area contributed by atoms with Crippen LogP contribution in [0.15, 0.2) is 12.2 Å². The summed E-state index contributed by atoms with van der Waals surface area (Å²) in [5.41, 5.74) is -1.60. The number of aliphatic carboxylic acids is 2. The highest BCUT2D eigenvalue weighted by Gasteiger charge is 2.63. The van der Waals surface area contributed by atoms with Gasteiger partial charge in [0.1, 0.15) is 0 Å². The summed E-state index contributed by atoms with van der Waals surface area (Å²) in [6, 6.07) is 0. The molecule has 0 amide bonds. The SMILES string of the molecule is CC1C=CCC2(C1)CC(C(=O)O)(C(=O)O)C2. The molecule has 1 atom stereocenters. The smallest absolute Gasteiger partial charge is 0.321 e. The molecule has 1 spiro atoms. The van der Waals surface area contributed by atoms with Crippen molar-refractivity contribution in [3.05, 3.63) is 12.2 Å². The second-order valence-electron chi connectivity index (χ2n) is 5.36. The number of carboxylic acids is 2. The van der Waals surface area contributed by atoms with Crippen molar-refractivity contribution in [2.75, 3.05) is 0 Å². The fourth-order valence-corrected chi connectivity index (χ4v) is 3.30. The Labute approximate surface area is 94.0 Å². The van der Waals surface area contributed by atoms with Crippen LogP contribution in [0.25, 0.3) is 0 Å². The molecule has 0 heterocycles. The van der Waals surface area contributed by atoms with Crippen LogP contribution < -0.4 is 0 Å². The zero-order valence-electron chi connectivity index (χ0n) is 9.27. The lowest BCUT2D eigenvalue weighted by Crippen LogP contribution is -2.56. The minimum atomic E-state index is -1.52. The van der Waals surface area contributed by atoms with Crippen LogP contribution in [0, 0.1) is 16.7 Å². The maximum Gasteiger partial charge on any atom is 0.321 e. The van der Waals surface area contributed by atoms with E-state index in [0.29, 0.717) is 5.92 Å². The van der Waals surface area contributed by atoms with Gasteiger partial charge in [-0.15, -0.1) is 0 Å². The number of hydrogen-bond acceptors (Lipinski definition) is 2. The van der Waals surface area contributed by atoms with E-state index in [-0.39, 0.29) is 18.3 Å². The summed E-state index contributed by atoms with van der Waals surface area (Å²) in [7, 11) is 0. The predicted octanol–water partition coefficient (Wildman–Crippen LogP) is 1.91. The minimum absolute atomic E-state index is 0.0784. The number of rotatable bonds is 2. The van der Waals surface area contributed by atoms with E-state index in [9.17, 15) is 9.59 Å². The first-order valence-electron chi connectivity index (χ1n) is 5.54. The summed E-state index contributed by atoms with van der Waals surface area (Å²) >= 11 is 0. The van der Waals surface area contributed by atoms with Crippen molar-refractivity contribution >= 4 is 11.9 Å². The van der Waals surface area contributed by atoms with Gasteiger partial charge in [0.2, 0.25) is 0 Å². The Morgan fingerprint density at radius 1 is 1.25 bits per heavy atom. The van der Waals surface area contributed by atoms with Crippen molar-refractivity contribution < 1.29 is 19.8 Å². The molecule has 0 aliphatic heterocycles. The average molecular weight is 224 g/mol. The number of hydrogen-bond donors (Lipinski definition) is 2. The quantitative estimate of drug-likeness (QED) is 0.555. The Morgan fingerprint density at radius 3 is 2.25 bits per heavy atom. The first-order chi connectivity index (χ1) is 7.40. The highest BCUT2D eigenvalue weighted by atomic mass is 16.4. The molecule has 2 aliphatic carbocycles. The molecule has 2 aliphatic rings. The molecule has 16 heavy (non-hydrogen) atoms. The van der Waals surface area contributed by atoms with Crippen LogP contribution in [-0.4, -0.2) is 22.2 Å². The van der Waals surface area contributed by atoms with Crippen LogP contribution in [0.3, 0.4) is 0 Å². The average Bonchev–Trinajstić information content (AvgIpc) is 2.12. The summed E-state index contributed by atoms with van der Waals surface area (Å²) in [4.78, 5) is 22.1.